The molecule has 0 amide bonds. The Bertz CT molecular complexity index is 534. The molecule has 0 aromatic heterocycles. The standard InChI is InChI=1S/C16H16O2/c1-2-14-15(17)10-13(11-16(14)18)9-8-12-6-4-3-5-7-12/h3-11,17-18H,2H2,1H3/b9-8+. The van der Waals surface area contributed by atoms with Gasteiger partial charge in [0.1, 0.15) is 11.5 Å². The second-order valence-corrected chi connectivity index (χ2v) is 4.14. The molecule has 2 nitrogen and oxygen atoms in total. The second-order valence-electron chi connectivity index (χ2n) is 4.14. The van der Waals surface area contributed by atoms with Gasteiger partial charge >= 0.3 is 0 Å². The van der Waals surface area contributed by atoms with Crippen LogP contribution in [0, 0.1) is 0 Å². The molecule has 0 radical (unpaired) electrons. The summed E-state index contributed by atoms with van der Waals surface area (Å²) in [7, 11) is 0. The highest BCUT2D eigenvalue weighted by Crippen LogP contribution is 2.29. The molecule has 92 valence electrons. The highest BCUT2D eigenvalue weighted by atomic mass is 16.3. The maximum atomic E-state index is 9.78. The average molecular weight is 240 g/mol. The molecule has 2 rings (SSSR count). The number of aromatic hydroxyl groups is 2. The van der Waals surface area contributed by atoms with Crippen molar-refractivity contribution in [3.05, 3.63) is 59.2 Å². The summed E-state index contributed by atoms with van der Waals surface area (Å²) in [6, 6.07) is 13.2. The Morgan fingerprint density at radius 1 is 0.889 bits per heavy atom. The van der Waals surface area contributed by atoms with Crippen LogP contribution in [0.1, 0.15) is 23.6 Å². The maximum absolute atomic E-state index is 9.78. The molecule has 0 heterocycles. The number of phenols is 2. The molecule has 0 saturated heterocycles. The third-order valence-electron chi connectivity index (χ3n) is 2.85. The first-order valence-corrected chi connectivity index (χ1v) is 5.98. The number of phenolic OH excluding ortho intramolecular Hbond substituents is 2. The predicted molar refractivity (Wildman–Crippen MR) is 74.5 cm³/mol. The predicted octanol–water partition coefficient (Wildman–Crippen LogP) is 3.83. The molecule has 18 heavy (non-hydrogen) atoms. The van der Waals surface area contributed by atoms with Gasteiger partial charge in [-0.1, -0.05) is 49.4 Å². The van der Waals surface area contributed by atoms with E-state index in [1.165, 1.54) is 0 Å². The fourth-order valence-corrected chi connectivity index (χ4v) is 1.88. The van der Waals surface area contributed by atoms with Crippen molar-refractivity contribution in [2.45, 2.75) is 13.3 Å². The van der Waals surface area contributed by atoms with Crippen LogP contribution in [0.2, 0.25) is 0 Å². The summed E-state index contributed by atoms with van der Waals surface area (Å²) >= 11 is 0. The summed E-state index contributed by atoms with van der Waals surface area (Å²) < 4.78 is 0. The van der Waals surface area contributed by atoms with Gasteiger partial charge < -0.3 is 10.2 Å². The molecule has 2 heteroatoms. The van der Waals surface area contributed by atoms with E-state index in [4.69, 9.17) is 0 Å². The first kappa shape index (κ1) is 12.2. The minimum Gasteiger partial charge on any atom is -0.508 e. The van der Waals surface area contributed by atoms with Gasteiger partial charge in [0, 0.05) is 5.56 Å². The fraction of sp³-hybridized carbons (Fsp3) is 0.125. The highest BCUT2D eigenvalue weighted by Gasteiger charge is 2.06. The molecule has 0 saturated carbocycles. The lowest BCUT2D eigenvalue weighted by Gasteiger charge is -2.06. The monoisotopic (exact) mass is 240 g/mol. The summed E-state index contributed by atoms with van der Waals surface area (Å²) in [4.78, 5) is 0. The Balaban J connectivity index is 2.28. The van der Waals surface area contributed by atoms with Crippen molar-refractivity contribution in [2.24, 2.45) is 0 Å². The van der Waals surface area contributed by atoms with Crippen LogP contribution in [0.5, 0.6) is 11.5 Å². The largest absolute Gasteiger partial charge is 0.508 e. The van der Waals surface area contributed by atoms with E-state index >= 15 is 0 Å². The molecule has 0 aliphatic carbocycles. The van der Waals surface area contributed by atoms with Crippen LogP contribution in [0.3, 0.4) is 0 Å². The second kappa shape index (κ2) is 5.41. The van der Waals surface area contributed by atoms with Gasteiger partial charge in [-0.3, -0.25) is 0 Å². The van der Waals surface area contributed by atoms with Gasteiger partial charge in [-0.25, -0.2) is 0 Å². The molecular weight excluding hydrogens is 224 g/mol. The van der Waals surface area contributed by atoms with Gasteiger partial charge in [0.15, 0.2) is 0 Å². The minimum absolute atomic E-state index is 0.144. The lowest BCUT2D eigenvalue weighted by atomic mass is 10.1. The zero-order chi connectivity index (χ0) is 13.0. The quantitative estimate of drug-likeness (QED) is 0.800. The van der Waals surface area contributed by atoms with Gasteiger partial charge in [-0.2, -0.15) is 0 Å². The van der Waals surface area contributed by atoms with E-state index < -0.39 is 0 Å². The van der Waals surface area contributed by atoms with Crippen molar-refractivity contribution in [3.63, 3.8) is 0 Å². The number of hydrogen-bond donors (Lipinski definition) is 2. The normalized spacial score (nSPS) is 10.9. The average Bonchev–Trinajstić information content (AvgIpc) is 2.37. The fourth-order valence-electron chi connectivity index (χ4n) is 1.88. The lowest BCUT2D eigenvalue weighted by molar-refractivity contribution is 0.439. The summed E-state index contributed by atoms with van der Waals surface area (Å²) in [5, 5.41) is 19.6. The van der Waals surface area contributed by atoms with E-state index in [2.05, 4.69) is 0 Å². The van der Waals surface area contributed by atoms with E-state index in [9.17, 15) is 10.2 Å². The maximum Gasteiger partial charge on any atom is 0.123 e. The van der Waals surface area contributed by atoms with E-state index in [0.29, 0.717) is 12.0 Å². The van der Waals surface area contributed by atoms with E-state index in [-0.39, 0.29) is 11.5 Å². The van der Waals surface area contributed by atoms with Crippen molar-refractivity contribution in [1.29, 1.82) is 0 Å². The molecule has 0 fully saturated rings. The van der Waals surface area contributed by atoms with Crippen LogP contribution >= 0.6 is 0 Å². The van der Waals surface area contributed by atoms with Crippen LogP contribution < -0.4 is 0 Å². The smallest absolute Gasteiger partial charge is 0.123 e. The van der Waals surface area contributed by atoms with E-state index in [1.807, 2.05) is 49.4 Å². The number of benzene rings is 2. The molecule has 0 bridgehead atoms. The minimum atomic E-state index is 0.144. The Morgan fingerprint density at radius 3 is 2.00 bits per heavy atom. The highest BCUT2D eigenvalue weighted by molar-refractivity contribution is 5.71. The number of hydrogen-bond acceptors (Lipinski definition) is 2. The first-order chi connectivity index (χ1) is 8.70. The summed E-state index contributed by atoms with van der Waals surface area (Å²) in [5.74, 6) is 0.287. The third kappa shape index (κ3) is 2.72. The lowest BCUT2D eigenvalue weighted by Crippen LogP contribution is -1.84. The molecule has 0 atom stereocenters. The van der Waals surface area contributed by atoms with Crippen molar-refractivity contribution in [2.75, 3.05) is 0 Å². The van der Waals surface area contributed by atoms with E-state index in [0.717, 1.165) is 11.1 Å². The van der Waals surface area contributed by atoms with Crippen LogP contribution in [0.25, 0.3) is 12.2 Å². The number of rotatable bonds is 3. The molecule has 0 aliphatic heterocycles. The van der Waals surface area contributed by atoms with Gasteiger partial charge in [-0.05, 0) is 29.7 Å². The zero-order valence-electron chi connectivity index (χ0n) is 10.3. The van der Waals surface area contributed by atoms with Crippen LogP contribution in [0.4, 0.5) is 0 Å². The van der Waals surface area contributed by atoms with Crippen molar-refractivity contribution >= 4 is 12.2 Å². The summed E-state index contributed by atoms with van der Waals surface area (Å²) in [6.07, 6.45) is 4.42. The Morgan fingerprint density at radius 2 is 1.44 bits per heavy atom. The van der Waals surface area contributed by atoms with Crippen molar-refractivity contribution in [1.82, 2.24) is 0 Å². The van der Waals surface area contributed by atoms with Gasteiger partial charge in [-0.15, -0.1) is 0 Å². The van der Waals surface area contributed by atoms with Crippen LogP contribution in [-0.4, -0.2) is 10.2 Å². The van der Waals surface area contributed by atoms with Gasteiger partial charge in [0.05, 0.1) is 0 Å². The Hall–Kier alpha value is -2.22. The third-order valence-corrected chi connectivity index (χ3v) is 2.85. The van der Waals surface area contributed by atoms with Crippen molar-refractivity contribution in [3.8, 4) is 11.5 Å². The molecule has 0 unspecified atom stereocenters. The molecule has 2 aromatic rings. The Kier molecular flexibility index (Phi) is 3.68. The SMILES string of the molecule is CCc1c(O)cc(/C=C/c2ccccc2)cc1O. The van der Waals surface area contributed by atoms with E-state index in [1.54, 1.807) is 12.1 Å². The molecule has 2 aromatic carbocycles. The molecule has 2 N–H and O–H groups in total. The topological polar surface area (TPSA) is 40.5 Å². The van der Waals surface area contributed by atoms with Crippen molar-refractivity contribution < 1.29 is 10.2 Å². The molecular formula is C16H16O2. The van der Waals surface area contributed by atoms with Gasteiger partial charge in [0.2, 0.25) is 0 Å². The zero-order valence-corrected chi connectivity index (χ0v) is 10.3. The Labute approximate surface area is 107 Å². The summed E-state index contributed by atoms with van der Waals surface area (Å²) in [5.41, 5.74) is 2.45. The van der Waals surface area contributed by atoms with Crippen LogP contribution in [-0.2, 0) is 6.42 Å². The first-order valence-electron chi connectivity index (χ1n) is 5.98. The summed E-state index contributed by atoms with van der Waals surface area (Å²) in [6.45, 7) is 1.90. The van der Waals surface area contributed by atoms with Gasteiger partial charge in [0.25, 0.3) is 0 Å². The molecule has 0 aliphatic rings. The van der Waals surface area contributed by atoms with Crippen LogP contribution in [0.15, 0.2) is 42.5 Å². The molecule has 0 spiro atoms.